The van der Waals surface area contributed by atoms with E-state index in [9.17, 15) is 14.4 Å². The van der Waals surface area contributed by atoms with Crippen molar-refractivity contribution in [1.82, 2.24) is 14.8 Å². The standard InChI is InChI=1S/C19H25N3O4/c1-19(2,3)12-16(23)21-7-4-8-22(10-9-21)17(24)13-5-6-15-14(11-13)20-18(25)26-15/h5-6,11H,4,7-10,12H2,1-3H3,(H,20,25). The molecule has 0 bridgehead atoms. The quantitative estimate of drug-likeness (QED) is 0.891. The summed E-state index contributed by atoms with van der Waals surface area (Å²) in [5.41, 5.74) is 1.40. The largest absolute Gasteiger partial charge is 0.417 e. The van der Waals surface area contributed by atoms with Gasteiger partial charge in [-0.05, 0) is 30.0 Å². The van der Waals surface area contributed by atoms with Crippen LogP contribution in [0, 0.1) is 5.41 Å². The first-order valence-electron chi connectivity index (χ1n) is 8.93. The Kier molecular flexibility index (Phi) is 4.89. The summed E-state index contributed by atoms with van der Waals surface area (Å²) >= 11 is 0. The molecule has 0 radical (unpaired) electrons. The molecule has 3 rings (SSSR count). The second-order valence-corrected chi connectivity index (χ2v) is 7.99. The average molecular weight is 359 g/mol. The average Bonchev–Trinajstić information content (AvgIpc) is 2.76. The molecule has 7 heteroatoms. The van der Waals surface area contributed by atoms with Gasteiger partial charge in [0.25, 0.3) is 5.91 Å². The lowest BCUT2D eigenvalue weighted by Gasteiger charge is -2.25. The number of H-pyrrole nitrogens is 1. The minimum Gasteiger partial charge on any atom is -0.408 e. The molecule has 7 nitrogen and oxygen atoms in total. The lowest BCUT2D eigenvalue weighted by Crippen LogP contribution is -2.38. The predicted octanol–water partition coefficient (Wildman–Crippen LogP) is 2.23. The third-order valence-electron chi connectivity index (χ3n) is 4.48. The van der Waals surface area contributed by atoms with Crippen LogP contribution < -0.4 is 5.76 Å². The zero-order valence-corrected chi connectivity index (χ0v) is 15.5. The molecule has 0 saturated carbocycles. The van der Waals surface area contributed by atoms with Gasteiger partial charge in [-0.15, -0.1) is 0 Å². The molecule has 2 amide bonds. The van der Waals surface area contributed by atoms with E-state index in [1.165, 1.54) is 0 Å². The first-order chi connectivity index (χ1) is 12.2. The molecule has 1 saturated heterocycles. The fraction of sp³-hybridized carbons (Fsp3) is 0.526. The number of hydrogen-bond donors (Lipinski definition) is 1. The van der Waals surface area contributed by atoms with E-state index in [-0.39, 0.29) is 17.2 Å². The SMILES string of the molecule is CC(C)(C)CC(=O)N1CCCN(C(=O)c2ccc3oc(=O)[nH]c3c2)CC1. The molecule has 2 aromatic rings. The smallest absolute Gasteiger partial charge is 0.408 e. The van der Waals surface area contributed by atoms with E-state index < -0.39 is 5.76 Å². The van der Waals surface area contributed by atoms with Crippen LogP contribution in [0.2, 0.25) is 0 Å². The van der Waals surface area contributed by atoms with E-state index in [0.717, 1.165) is 6.42 Å². The van der Waals surface area contributed by atoms with E-state index in [2.05, 4.69) is 25.8 Å². The zero-order chi connectivity index (χ0) is 18.9. The second kappa shape index (κ2) is 6.97. The molecular weight excluding hydrogens is 334 g/mol. The molecule has 26 heavy (non-hydrogen) atoms. The van der Waals surface area contributed by atoms with Crippen molar-refractivity contribution in [2.75, 3.05) is 26.2 Å². The van der Waals surface area contributed by atoms with Gasteiger partial charge in [-0.3, -0.25) is 14.6 Å². The fourth-order valence-corrected chi connectivity index (χ4v) is 3.20. The van der Waals surface area contributed by atoms with Crippen LogP contribution in [0.5, 0.6) is 0 Å². The number of carbonyl (C=O) groups excluding carboxylic acids is 2. The molecule has 0 aliphatic carbocycles. The van der Waals surface area contributed by atoms with Crippen molar-refractivity contribution in [3.8, 4) is 0 Å². The summed E-state index contributed by atoms with van der Waals surface area (Å²) in [7, 11) is 0. The van der Waals surface area contributed by atoms with Crippen molar-refractivity contribution < 1.29 is 14.0 Å². The van der Waals surface area contributed by atoms with Crippen LogP contribution in [0.25, 0.3) is 11.1 Å². The number of nitrogens with one attached hydrogen (secondary N) is 1. The van der Waals surface area contributed by atoms with E-state index in [1.807, 2.05) is 4.90 Å². The third-order valence-corrected chi connectivity index (χ3v) is 4.48. The van der Waals surface area contributed by atoms with E-state index in [0.29, 0.717) is 49.3 Å². The van der Waals surface area contributed by atoms with Gasteiger partial charge < -0.3 is 14.2 Å². The van der Waals surface area contributed by atoms with E-state index in [1.54, 1.807) is 23.1 Å². The van der Waals surface area contributed by atoms with Gasteiger partial charge >= 0.3 is 5.76 Å². The van der Waals surface area contributed by atoms with Crippen molar-refractivity contribution in [2.45, 2.75) is 33.6 Å². The molecule has 0 atom stereocenters. The minimum absolute atomic E-state index is 0.0458. The van der Waals surface area contributed by atoms with Gasteiger partial charge in [0, 0.05) is 38.2 Å². The van der Waals surface area contributed by atoms with Crippen LogP contribution in [0.3, 0.4) is 0 Å². The molecule has 1 aromatic carbocycles. The van der Waals surface area contributed by atoms with Crippen LogP contribution >= 0.6 is 0 Å². The Hall–Kier alpha value is -2.57. The Morgan fingerprint density at radius 1 is 1.12 bits per heavy atom. The molecule has 140 valence electrons. The molecular formula is C19H25N3O4. The van der Waals surface area contributed by atoms with Gasteiger partial charge in [-0.2, -0.15) is 0 Å². The highest BCUT2D eigenvalue weighted by Crippen LogP contribution is 2.21. The summed E-state index contributed by atoms with van der Waals surface area (Å²) < 4.78 is 4.97. The number of benzene rings is 1. The molecule has 1 aliphatic rings. The van der Waals surface area contributed by atoms with Gasteiger partial charge in [-0.25, -0.2) is 4.79 Å². The first-order valence-corrected chi connectivity index (χ1v) is 8.93. The monoisotopic (exact) mass is 359 g/mol. The highest BCUT2D eigenvalue weighted by molar-refractivity contribution is 5.97. The van der Waals surface area contributed by atoms with Crippen molar-refractivity contribution >= 4 is 22.9 Å². The summed E-state index contributed by atoms with van der Waals surface area (Å²) in [6.45, 7) is 8.49. The van der Waals surface area contributed by atoms with Crippen LogP contribution in [0.1, 0.15) is 44.0 Å². The highest BCUT2D eigenvalue weighted by Gasteiger charge is 2.25. The molecule has 1 aliphatic heterocycles. The number of nitrogens with zero attached hydrogens (tertiary/aromatic N) is 2. The molecule has 0 unspecified atom stereocenters. The van der Waals surface area contributed by atoms with Crippen molar-refractivity contribution in [3.63, 3.8) is 0 Å². The Labute approximate surface area is 152 Å². The lowest BCUT2D eigenvalue weighted by molar-refractivity contribution is -0.132. The molecule has 1 aromatic heterocycles. The molecule has 1 N–H and O–H groups in total. The zero-order valence-electron chi connectivity index (χ0n) is 15.5. The highest BCUT2D eigenvalue weighted by atomic mass is 16.4. The van der Waals surface area contributed by atoms with Gasteiger partial charge in [-0.1, -0.05) is 20.8 Å². The number of carbonyl (C=O) groups is 2. The number of rotatable bonds is 2. The normalized spacial score (nSPS) is 16.0. The molecule has 2 heterocycles. The third kappa shape index (κ3) is 4.15. The summed E-state index contributed by atoms with van der Waals surface area (Å²) in [5, 5.41) is 0. The van der Waals surface area contributed by atoms with Crippen LogP contribution in [-0.2, 0) is 4.79 Å². The Morgan fingerprint density at radius 3 is 2.54 bits per heavy atom. The maximum atomic E-state index is 12.8. The number of hydrogen-bond acceptors (Lipinski definition) is 4. The Balaban J connectivity index is 1.68. The van der Waals surface area contributed by atoms with Gasteiger partial charge in [0.05, 0.1) is 5.52 Å². The number of oxazole rings is 1. The maximum absolute atomic E-state index is 12.8. The number of fused-ring (bicyclic) bond motifs is 1. The van der Waals surface area contributed by atoms with E-state index in [4.69, 9.17) is 4.42 Å². The van der Waals surface area contributed by atoms with Gasteiger partial charge in [0.1, 0.15) is 0 Å². The predicted molar refractivity (Wildman–Crippen MR) is 98.0 cm³/mol. The molecule has 0 spiro atoms. The van der Waals surface area contributed by atoms with Crippen molar-refractivity contribution in [3.05, 3.63) is 34.3 Å². The van der Waals surface area contributed by atoms with Crippen LogP contribution in [0.4, 0.5) is 0 Å². The van der Waals surface area contributed by atoms with Gasteiger partial charge in [0.2, 0.25) is 5.91 Å². The second-order valence-electron chi connectivity index (χ2n) is 7.99. The Morgan fingerprint density at radius 2 is 1.81 bits per heavy atom. The number of amides is 2. The van der Waals surface area contributed by atoms with Crippen LogP contribution in [0.15, 0.2) is 27.4 Å². The number of aromatic amines is 1. The van der Waals surface area contributed by atoms with Crippen molar-refractivity contribution in [2.24, 2.45) is 5.41 Å². The summed E-state index contributed by atoms with van der Waals surface area (Å²) in [6.07, 6.45) is 1.26. The maximum Gasteiger partial charge on any atom is 0.417 e. The van der Waals surface area contributed by atoms with Gasteiger partial charge in [0.15, 0.2) is 5.58 Å². The first kappa shape index (κ1) is 18.2. The number of aromatic nitrogens is 1. The van der Waals surface area contributed by atoms with Crippen molar-refractivity contribution in [1.29, 1.82) is 0 Å². The Bertz CT molecular complexity index is 875. The topological polar surface area (TPSA) is 86.6 Å². The summed E-state index contributed by atoms with van der Waals surface area (Å²) in [5.74, 6) is -0.490. The summed E-state index contributed by atoms with van der Waals surface area (Å²) in [6, 6.07) is 4.92. The fourth-order valence-electron chi connectivity index (χ4n) is 3.20. The summed E-state index contributed by atoms with van der Waals surface area (Å²) in [4.78, 5) is 42.7. The minimum atomic E-state index is -0.535. The lowest BCUT2D eigenvalue weighted by atomic mass is 9.91. The van der Waals surface area contributed by atoms with E-state index >= 15 is 0 Å². The van der Waals surface area contributed by atoms with Crippen LogP contribution in [-0.4, -0.2) is 52.8 Å². The molecule has 1 fully saturated rings.